The van der Waals surface area contributed by atoms with E-state index in [2.05, 4.69) is 22.1 Å². The zero-order chi connectivity index (χ0) is 20.1. The van der Waals surface area contributed by atoms with Crippen LogP contribution in [0.25, 0.3) is 15.9 Å². The molecule has 0 aromatic carbocycles. The molecule has 1 atom stereocenters. The predicted molar refractivity (Wildman–Crippen MR) is 102 cm³/mol. The van der Waals surface area contributed by atoms with Gasteiger partial charge in [0.1, 0.15) is 0 Å². The number of rotatable bonds is 7. The van der Waals surface area contributed by atoms with Gasteiger partial charge in [-0.2, -0.15) is 0 Å². The molecule has 10 heteroatoms. The third kappa shape index (κ3) is 3.46. The maximum absolute atomic E-state index is 13.3. The molecule has 1 aliphatic rings. The van der Waals surface area contributed by atoms with Crippen LogP contribution in [0.4, 0.5) is 13.2 Å². The van der Waals surface area contributed by atoms with Gasteiger partial charge >= 0.3 is 170 Å². The molecular weight excluding hydrogens is 456 g/mol. The molecule has 1 aliphatic carbocycles. The standard InChI is InChI=1S/C18H19F3N4OSSe/c1-9(18(8-19)3-4-18)7-27-11-5-12(26)13-10(2)22-15(25(13)6-11)17-24-23-16(28-17)14(20)21/h5-6,9,14,26H,3-4,7-8H2,1-2H3. The Morgan fingerprint density at radius 2 is 2.11 bits per heavy atom. The molecule has 0 saturated heterocycles. The fraction of sp³-hybridized carbons (Fsp3) is 0.500. The van der Waals surface area contributed by atoms with E-state index in [9.17, 15) is 18.3 Å². The van der Waals surface area contributed by atoms with Gasteiger partial charge in [-0.15, -0.1) is 0 Å². The van der Waals surface area contributed by atoms with Crippen LogP contribution in [0.5, 0.6) is 5.75 Å². The van der Waals surface area contributed by atoms with Crippen LogP contribution >= 0.6 is 11.8 Å². The number of aromatic hydroxyl groups is 1. The van der Waals surface area contributed by atoms with Gasteiger partial charge in [0.25, 0.3) is 0 Å². The normalized spacial score (nSPS) is 16.8. The van der Waals surface area contributed by atoms with Crippen molar-refractivity contribution in [3.8, 4) is 16.1 Å². The van der Waals surface area contributed by atoms with Crippen molar-refractivity contribution in [3.63, 3.8) is 0 Å². The molecule has 1 fully saturated rings. The molecule has 1 saturated carbocycles. The molecule has 0 radical (unpaired) electrons. The average Bonchev–Trinajstić information content (AvgIpc) is 3.17. The van der Waals surface area contributed by atoms with E-state index in [0.717, 1.165) is 23.5 Å². The fourth-order valence-corrected chi connectivity index (χ4v) is 5.92. The zero-order valence-electron chi connectivity index (χ0n) is 15.3. The summed E-state index contributed by atoms with van der Waals surface area (Å²) >= 11 is 0.847. The molecular formula is C18H19F3N4OSSe. The van der Waals surface area contributed by atoms with Crippen molar-refractivity contribution < 1.29 is 18.3 Å². The van der Waals surface area contributed by atoms with E-state index in [0.29, 0.717) is 21.6 Å². The van der Waals surface area contributed by atoms with Gasteiger partial charge in [-0.1, -0.05) is 0 Å². The minimum absolute atomic E-state index is 0.0710. The summed E-state index contributed by atoms with van der Waals surface area (Å²) in [5.74, 6) is 1.47. The fourth-order valence-electron chi connectivity index (χ4n) is 3.31. The quantitative estimate of drug-likeness (QED) is 0.409. The molecule has 0 amide bonds. The van der Waals surface area contributed by atoms with Gasteiger partial charge in [0.15, 0.2) is 0 Å². The molecule has 1 unspecified atom stereocenters. The van der Waals surface area contributed by atoms with E-state index in [1.807, 2.05) is 6.20 Å². The van der Waals surface area contributed by atoms with Crippen LogP contribution in [0.1, 0.15) is 36.5 Å². The summed E-state index contributed by atoms with van der Waals surface area (Å²) < 4.78 is 40.9. The number of imidazole rings is 1. The second kappa shape index (κ2) is 7.39. The van der Waals surface area contributed by atoms with Crippen molar-refractivity contribution in [1.29, 1.82) is 0 Å². The summed E-state index contributed by atoms with van der Waals surface area (Å²) in [6.07, 6.45) is 1.05. The molecule has 28 heavy (non-hydrogen) atoms. The SMILES string of the molecule is Cc1nc(-c2nnc(C(F)F)[se]2)n2cc(SCC(C)C3(CF)CC3)cc(O)c12. The summed E-state index contributed by atoms with van der Waals surface area (Å²) in [5.41, 5.74) is 0.939. The Morgan fingerprint density at radius 1 is 1.36 bits per heavy atom. The number of alkyl halides is 3. The minimum atomic E-state index is -2.63. The van der Waals surface area contributed by atoms with Crippen molar-refractivity contribution in [3.05, 3.63) is 22.5 Å². The molecule has 3 heterocycles. The Hall–Kier alpha value is -1.51. The Balaban J connectivity index is 1.66. The average molecular weight is 475 g/mol. The first-order valence-corrected chi connectivity index (χ1v) is 11.6. The first-order valence-electron chi connectivity index (χ1n) is 8.87. The maximum atomic E-state index is 13.3. The molecule has 0 bridgehead atoms. The van der Waals surface area contributed by atoms with Crippen LogP contribution in [0.3, 0.4) is 0 Å². The van der Waals surface area contributed by atoms with Crippen LogP contribution < -0.4 is 0 Å². The Kier molecular flexibility index (Phi) is 5.22. The molecule has 5 nitrogen and oxygen atoms in total. The van der Waals surface area contributed by atoms with Crippen molar-refractivity contribution in [2.75, 3.05) is 12.4 Å². The number of fused-ring (bicyclic) bond motifs is 1. The van der Waals surface area contributed by atoms with Gasteiger partial charge in [-0.05, 0) is 0 Å². The molecule has 0 spiro atoms. The molecule has 3 aromatic rings. The Bertz CT molecular complexity index is 1020. The first-order chi connectivity index (χ1) is 13.3. The van der Waals surface area contributed by atoms with Gasteiger partial charge in [-0.3, -0.25) is 0 Å². The summed E-state index contributed by atoms with van der Waals surface area (Å²) in [6.45, 7) is 3.52. The summed E-state index contributed by atoms with van der Waals surface area (Å²) in [4.78, 5) is 5.25. The van der Waals surface area contributed by atoms with Gasteiger partial charge in [0.2, 0.25) is 0 Å². The monoisotopic (exact) mass is 476 g/mol. The second-order valence-electron chi connectivity index (χ2n) is 7.25. The zero-order valence-corrected chi connectivity index (χ0v) is 17.9. The van der Waals surface area contributed by atoms with Crippen molar-refractivity contribution in [2.24, 2.45) is 11.3 Å². The molecule has 4 rings (SSSR count). The summed E-state index contributed by atoms with van der Waals surface area (Å²) in [7, 11) is 0. The Morgan fingerprint density at radius 3 is 2.71 bits per heavy atom. The van der Waals surface area contributed by atoms with Crippen LogP contribution in [0.15, 0.2) is 17.2 Å². The number of aryl methyl sites for hydroxylation is 1. The topological polar surface area (TPSA) is 63.3 Å². The predicted octanol–water partition coefficient (Wildman–Crippen LogP) is 4.28. The molecule has 150 valence electrons. The summed E-state index contributed by atoms with van der Waals surface area (Å²) in [6, 6.07) is 1.67. The number of hydrogen-bond acceptors (Lipinski definition) is 5. The molecule has 0 aliphatic heterocycles. The third-order valence-electron chi connectivity index (χ3n) is 5.39. The molecule has 3 aromatic heterocycles. The number of nitrogens with zero attached hydrogens (tertiary/aromatic N) is 4. The van der Waals surface area contributed by atoms with Crippen LogP contribution in [0, 0.1) is 18.3 Å². The number of hydrogen-bond donors (Lipinski definition) is 1. The third-order valence-corrected chi connectivity index (χ3v) is 8.55. The van der Waals surface area contributed by atoms with E-state index in [1.54, 1.807) is 29.2 Å². The first kappa shape index (κ1) is 19.8. The molecule has 1 N–H and O–H groups in total. The summed E-state index contributed by atoms with van der Waals surface area (Å²) in [5, 5.41) is 18.0. The van der Waals surface area contributed by atoms with Crippen molar-refractivity contribution >= 4 is 31.8 Å². The van der Waals surface area contributed by atoms with Crippen LogP contribution in [-0.4, -0.2) is 51.6 Å². The van der Waals surface area contributed by atoms with Crippen molar-refractivity contribution in [2.45, 2.75) is 38.0 Å². The second-order valence-corrected chi connectivity index (χ2v) is 10.5. The number of thioether (sulfide) groups is 1. The van der Waals surface area contributed by atoms with E-state index >= 15 is 0 Å². The Labute approximate surface area is 170 Å². The van der Waals surface area contributed by atoms with Crippen LogP contribution in [-0.2, 0) is 0 Å². The van der Waals surface area contributed by atoms with Crippen LogP contribution in [0.2, 0.25) is 0 Å². The van der Waals surface area contributed by atoms with Gasteiger partial charge in [-0.25, -0.2) is 0 Å². The van der Waals surface area contributed by atoms with Crippen molar-refractivity contribution in [1.82, 2.24) is 19.6 Å². The van der Waals surface area contributed by atoms with Gasteiger partial charge < -0.3 is 0 Å². The number of halogens is 3. The number of pyridine rings is 1. The van der Waals surface area contributed by atoms with E-state index in [4.69, 9.17) is 0 Å². The van der Waals surface area contributed by atoms with E-state index in [1.165, 1.54) is 0 Å². The van der Waals surface area contributed by atoms with E-state index < -0.39 is 20.9 Å². The number of aromatic nitrogens is 4. The van der Waals surface area contributed by atoms with E-state index in [-0.39, 0.29) is 28.3 Å². The van der Waals surface area contributed by atoms with Gasteiger partial charge in [0.05, 0.1) is 0 Å². The van der Waals surface area contributed by atoms with Gasteiger partial charge in [0, 0.05) is 0 Å².